The highest BCUT2D eigenvalue weighted by molar-refractivity contribution is 7.92. The van der Waals surface area contributed by atoms with Crippen LogP contribution in [0.5, 0.6) is 0 Å². The summed E-state index contributed by atoms with van der Waals surface area (Å²) in [4.78, 5) is 0. The van der Waals surface area contributed by atoms with Crippen molar-refractivity contribution < 1.29 is 8.42 Å². The van der Waals surface area contributed by atoms with E-state index < -0.39 is 10.0 Å². The van der Waals surface area contributed by atoms with Crippen LogP contribution in [0.2, 0.25) is 0 Å². The molecule has 1 aliphatic rings. The minimum Gasteiger partial charge on any atom is -0.380 e. The molecule has 0 spiro atoms. The molecule has 2 unspecified atom stereocenters. The van der Waals surface area contributed by atoms with Gasteiger partial charge in [0.05, 0.1) is 17.6 Å². The molecule has 1 aliphatic carbocycles. The molecule has 0 amide bonds. The first-order chi connectivity index (χ1) is 8.46. The molecule has 1 fully saturated rings. The summed E-state index contributed by atoms with van der Waals surface area (Å²) in [5.41, 5.74) is 1.49. The van der Waals surface area contributed by atoms with Crippen molar-refractivity contribution in [2.75, 3.05) is 16.3 Å². The van der Waals surface area contributed by atoms with Crippen molar-refractivity contribution in [1.82, 2.24) is 0 Å². The molecule has 0 aromatic heterocycles. The van der Waals surface area contributed by atoms with Gasteiger partial charge in [0.15, 0.2) is 0 Å². The summed E-state index contributed by atoms with van der Waals surface area (Å²) in [6, 6.07) is 7.88. The van der Waals surface area contributed by atoms with Crippen LogP contribution in [0.3, 0.4) is 0 Å². The smallest absolute Gasteiger partial charge is 0.229 e. The minimum atomic E-state index is -3.24. The number of hydrogen-bond acceptors (Lipinski definition) is 3. The maximum Gasteiger partial charge on any atom is 0.229 e. The number of nitrogens with one attached hydrogen (secondary N) is 2. The maximum atomic E-state index is 11.3. The quantitative estimate of drug-likeness (QED) is 0.882. The molecule has 0 aliphatic heterocycles. The van der Waals surface area contributed by atoms with Gasteiger partial charge >= 0.3 is 0 Å². The molecule has 5 heteroatoms. The van der Waals surface area contributed by atoms with Gasteiger partial charge in [0.2, 0.25) is 10.0 Å². The first kappa shape index (κ1) is 13.2. The average Bonchev–Trinajstić information content (AvgIpc) is 2.65. The third kappa shape index (κ3) is 3.38. The molecule has 18 heavy (non-hydrogen) atoms. The summed E-state index contributed by atoms with van der Waals surface area (Å²) in [7, 11) is -3.24. The fourth-order valence-corrected chi connectivity index (χ4v) is 3.03. The molecule has 2 atom stereocenters. The van der Waals surface area contributed by atoms with Crippen LogP contribution in [0.1, 0.15) is 26.2 Å². The van der Waals surface area contributed by atoms with Crippen LogP contribution in [0.25, 0.3) is 0 Å². The zero-order valence-corrected chi connectivity index (χ0v) is 11.6. The molecule has 2 N–H and O–H groups in total. The zero-order chi connectivity index (χ0) is 13.2. The lowest BCUT2D eigenvalue weighted by Crippen LogP contribution is -2.23. The first-order valence-electron chi connectivity index (χ1n) is 6.29. The molecule has 1 saturated carbocycles. The molecular formula is C13H20N2O2S. The molecular weight excluding hydrogens is 248 g/mol. The normalized spacial score (nSPS) is 23.9. The van der Waals surface area contributed by atoms with Gasteiger partial charge in [-0.1, -0.05) is 25.5 Å². The summed E-state index contributed by atoms with van der Waals surface area (Å²) in [5, 5.41) is 3.45. The maximum absolute atomic E-state index is 11.3. The van der Waals surface area contributed by atoms with Crippen LogP contribution < -0.4 is 10.0 Å². The number of hydrogen-bond donors (Lipinski definition) is 2. The summed E-state index contributed by atoms with van der Waals surface area (Å²) >= 11 is 0. The second-order valence-electron chi connectivity index (χ2n) is 5.08. The van der Waals surface area contributed by atoms with E-state index in [2.05, 4.69) is 17.0 Å². The van der Waals surface area contributed by atoms with Crippen LogP contribution in [0, 0.1) is 5.92 Å². The van der Waals surface area contributed by atoms with Crippen LogP contribution in [-0.4, -0.2) is 20.7 Å². The third-order valence-corrected chi connectivity index (χ3v) is 4.02. The molecule has 0 heterocycles. The number of benzene rings is 1. The van der Waals surface area contributed by atoms with Gasteiger partial charge in [0.1, 0.15) is 0 Å². The van der Waals surface area contributed by atoms with E-state index in [-0.39, 0.29) is 0 Å². The Morgan fingerprint density at radius 1 is 1.17 bits per heavy atom. The molecule has 0 radical (unpaired) electrons. The Labute approximate surface area is 109 Å². The Kier molecular flexibility index (Phi) is 3.80. The van der Waals surface area contributed by atoms with Crippen LogP contribution in [0.4, 0.5) is 11.4 Å². The monoisotopic (exact) mass is 268 g/mol. The Morgan fingerprint density at radius 3 is 2.39 bits per heavy atom. The third-order valence-electron chi connectivity index (χ3n) is 3.42. The van der Waals surface area contributed by atoms with Gasteiger partial charge in [-0.2, -0.15) is 0 Å². The van der Waals surface area contributed by atoms with Gasteiger partial charge < -0.3 is 5.32 Å². The van der Waals surface area contributed by atoms with Gasteiger partial charge in [-0.3, -0.25) is 4.72 Å². The highest BCUT2D eigenvalue weighted by atomic mass is 32.2. The second-order valence-corrected chi connectivity index (χ2v) is 6.83. The zero-order valence-electron chi connectivity index (χ0n) is 10.8. The Balaban J connectivity index is 2.17. The largest absolute Gasteiger partial charge is 0.380 e. The average molecular weight is 268 g/mol. The summed E-state index contributed by atoms with van der Waals surface area (Å²) < 4.78 is 25.2. The van der Waals surface area contributed by atoms with E-state index in [1.165, 1.54) is 19.1 Å². The molecule has 4 nitrogen and oxygen atoms in total. The summed E-state index contributed by atoms with van der Waals surface area (Å²) in [6.45, 7) is 2.23. The number of anilines is 2. The van der Waals surface area contributed by atoms with Crippen molar-refractivity contribution in [3.05, 3.63) is 24.3 Å². The predicted octanol–water partition coefficient (Wildman–Crippen LogP) is 2.66. The lowest BCUT2D eigenvalue weighted by molar-refractivity contribution is 0.556. The van der Waals surface area contributed by atoms with E-state index in [1.54, 1.807) is 6.07 Å². The predicted molar refractivity (Wildman–Crippen MR) is 75.3 cm³/mol. The highest BCUT2D eigenvalue weighted by Gasteiger charge is 2.23. The van der Waals surface area contributed by atoms with Gasteiger partial charge in [0.25, 0.3) is 0 Å². The second kappa shape index (κ2) is 5.18. The fourth-order valence-electron chi connectivity index (χ4n) is 2.46. The topological polar surface area (TPSA) is 58.2 Å². The Bertz CT molecular complexity index is 513. The lowest BCUT2D eigenvalue weighted by Gasteiger charge is -2.21. The number of rotatable bonds is 4. The lowest BCUT2D eigenvalue weighted by atomic mass is 10.1. The van der Waals surface area contributed by atoms with Crippen molar-refractivity contribution >= 4 is 21.4 Å². The Morgan fingerprint density at radius 2 is 1.83 bits per heavy atom. The fraction of sp³-hybridized carbons (Fsp3) is 0.538. The van der Waals surface area contributed by atoms with Crippen LogP contribution in [0.15, 0.2) is 24.3 Å². The van der Waals surface area contributed by atoms with Crippen LogP contribution in [-0.2, 0) is 10.0 Å². The molecule has 1 aromatic carbocycles. The van der Waals surface area contributed by atoms with Crippen LogP contribution >= 0.6 is 0 Å². The molecule has 1 aromatic rings. The van der Waals surface area contributed by atoms with Crippen molar-refractivity contribution in [1.29, 1.82) is 0 Å². The molecule has 0 bridgehead atoms. The molecule has 2 rings (SSSR count). The van der Waals surface area contributed by atoms with E-state index in [0.717, 1.165) is 12.1 Å². The minimum absolute atomic E-state index is 0.438. The van der Waals surface area contributed by atoms with E-state index >= 15 is 0 Å². The summed E-state index contributed by atoms with van der Waals surface area (Å²) in [6.07, 6.45) is 4.79. The SMILES string of the molecule is CC1CCCC1Nc1ccccc1NS(C)(=O)=O. The highest BCUT2D eigenvalue weighted by Crippen LogP contribution is 2.30. The first-order valence-corrected chi connectivity index (χ1v) is 8.18. The molecule has 0 saturated heterocycles. The van der Waals surface area contributed by atoms with E-state index in [1.807, 2.05) is 18.2 Å². The van der Waals surface area contributed by atoms with Crippen molar-refractivity contribution in [2.24, 2.45) is 5.92 Å². The van der Waals surface area contributed by atoms with Crippen molar-refractivity contribution in [2.45, 2.75) is 32.2 Å². The number of para-hydroxylation sites is 2. The van der Waals surface area contributed by atoms with Gasteiger partial charge in [-0.25, -0.2) is 8.42 Å². The standard InChI is InChI=1S/C13H20N2O2S/c1-10-6-5-9-11(10)14-12-7-3-4-8-13(12)15-18(2,16)17/h3-4,7-8,10-11,14-15H,5-6,9H2,1-2H3. The number of sulfonamides is 1. The van der Waals surface area contributed by atoms with Crippen molar-refractivity contribution in [3.63, 3.8) is 0 Å². The van der Waals surface area contributed by atoms with E-state index in [0.29, 0.717) is 17.6 Å². The van der Waals surface area contributed by atoms with E-state index in [9.17, 15) is 8.42 Å². The Hall–Kier alpha value is -1.23. The molecule has 100 valence electrons. The van der Waals surface area contributed by atoms with Gasteiger partial charge in [0, 0.05) is 6.04 Å². The van der Waals surface area contributed by atoms with E-state index in [4.69, 9.17) is 0 Å². The van der Waals surface area contributed by atoms with Gasteiger partial charge in [-0.15, -0.1) is 0 Å². The summed E-state index contributed by atoms with van der Waals surface area (Å²) in [5.74, 6) is 0.635. The van der Waals surface area contributed by atoms with Crippen molar-refractivity contribution in [3.8, 4) is 0 Å². The van der Waals surface area contributed by atoms with Gasteiger partial charge in [-0.05, 0) is 30.9 Å².